The van der Waals surface area contributed by atoms with E-state index in [-0.39, 0.29) is 5.91 Å². The van der Waals surface area contributed by atoms with Crippen LogP contribution >= 0.6 is 0 Å². The van der Waals surface area contributed by atoms with Crippen molar-refractivity contribution in [3.8, 4) is 0 Å². The highest BCUT2D eigenvalue weighted by Crippen LogP contribution is 2.11. The van der Waals surface area contributed by atoms with E-state index >= 15 is 0 Å². The van der Waals surface area contributed by atoms with Gasteiger partial charge in [-0.3, -0.25) is 9.69 Å². The molecule has 1 fully saturated rings. The monoisotopic (exact) mass is 277 g/mol. The van der Waals surface area contributed by atoms with Gasteiger partial charge in [0.2, 0.25) is 0 Å². The number of ether oxygens (including phenoxy) is 1. The minimum atomic E-state index is 0.0711. The van der Waals surface area contributed by atoms with Crippen LogP contribution < -0.4 is 5.73 Å². The van der Waals surface area contributed by atoms with Crippen molar-refractivity contribution < 1.29 is 9.53 Å². The molecule has 1 aliphatic heterocycles. The Kier molecular flexibility index (Phi) is 5.38. The number of carbonyl (C=O) groups excluding carboxylic acids is 1. The zero-order valence-corrected chi connectivity index (χ0v) is 12.0. The third kappa shape index (κ3) is 3.95. The van der Waals surface area contributed by atoms with Gasteiger partial charge in [0.25, 0.3) is 5.91 Å². The molecule has 1 amide bonds. The van der Waals surface area contributed by atoms with E-state index in [2.05, 4.69) is 4.90 Å². The average molecular weight is 277 g/mol. The van der Waals surface area contributed by atoms with Crippen LogP contribution in [-0.4, -0.2) is 61.6 Å². The predicted molar refractivity (Wildman–Crippen MR) is 79.7 cm³/mol. The zero-order chi connectivity index (χ0) is 14.4. The fourth-order valence-electron chi connectivity index (χ4n) is 2.37. The number of carbonyl (C=O) groups is 1. The van der Waals surface area contributed by atoms with Gasteiger partial charge in [0, 0.05) is 50.6 Å². The molecular weight excluding hydrogens is 254 g/mol. The fraction of sp³-hybridized carbons (Fsp3) is 0.533. The zero-order valence-electron chi connectivity index (χ0n) is 12.0. The van der Waals surface area contributed by atoms with Crippen LogP contribution in [0.3, 0.4) is 0 Å². The summed E-state index contributed by atoms with van der Waals surface area (Å²) in [4.78, 5) is 16.6. The van der Waals surface area contributed by atoms with Crippen LogP contribution in [0.2, 0.25) is 0 Å². The molecule has 0 atom stereocenters. The van der Waals surface area contributed by atoms with E-state index < -0.39 is 0 Å². The Morgan fingerprint density at radius 1 is 1.30 bits per heavy atom. The summed E-state index contributed by atoms with van der Waals surface area (Å²) >= 11 is 0. The molecule has 1 aromatic carbocycles. The van der Waals surface area contributed by atoms with Crippen molar-refractivity contribution >= 4 is 11.6 Å². The number of amides is 1. The second-order valence-corrected chi connectivity index (χ2v) is 4.96. The van der Waals surface area contributed by atoms with Gasteiger partial charge in [0.1, 0.15) is 0 Å². The van der Waals surface area contributed by atoms with Crippen molar-refractivity contribution in [3.05, 3.63) is 29.8 Å². The number of benzene rings is 1. The minimum absolute atomic E-state index is 0.0711. The van der Waals surface area contributed by atoms with Crippen molar-refractivity contribution in [2.45, 2.75) is 6.92 Å². The molecule has 0 unspecified atom stereocenters. The lowest BCUT2D eigenvalue weighted by molar-refractivity contribution is 0.0565. The van der Waals surface area contributed by atoms with Gasteiger partial charge in [0.15, 0.2) is 0 Å². The van der Waals surface area contributed by atoms with Gasteiger partial charge in [-0.15, -0.1) is 0 Å². The maximum absolute atomic E-state index is 12.3. The first-order valence-electron chi connectivity index (χ1n) is 7.15. The highest BCUT2D eigenvalue weighted by molar-refractivity contribution is 5.95. The quantitative estimate of drug-likeness (QED) is 0.646. The molecule has 110 valence electrons. The molecule has 0 bridgehead atoms. The summed E-state index contributed by atoms with van der Waals surface area (Å²) in [6.45, 7) is 7.80. The van der Waals surface area contributed by atoms with Crippen molar-refractivity contribution in [1.82, 2.24) is 9.80 Å². The molecule has 1 heterocycles. The third-order valence-corrected chi connectivity index (χ3v) is 3.55. The van der Waals surface area contributed by atoms with Gasteiger partial charge in [0.05, 0.1) is 6.61 Å². The topological polar surface area (TPSA) is 58.8 Å². The van der Waals surface area contributed by atoms with Crippen LogP contribution in [-0.2, 0) is 4.74 Å². The lowest BCUT2D eigenvalue weighted by Gasteiger charge is -2.34. The summed E-state index contributed by atoms with van der Waals surface area (Å²) in [5, 5.41) is 0. The Labute approximate surface area is 120 Å². The summed E-state index contributed by atoms with van der Waals surface area (Å²) in [6, 6.07) is 7.17. The van der Waals surface area contributed by atoms with Crippen LogP contribution in [0.4, 0.5) is 5.69 Å². The first-order chi connectivity index (χ1) is 9.70. The number of nitrogen functional groups attached to an aromatic ring is 1. The third-order valence-electron chi connectivity index (χ3n) is 3.55. The summed E-state index contributed by atoms with van der Waals surface area (Å²) < 4.78 is 5.36. The number of hydrogen-bond acceptors (Lipinski definition) is 4. The lowest BCUT2D eigenvalue weighted by atomic mass is 10.1. The van der Waals surface area contributed by atoms with Gasteiger partial charge in [-0.2, -0.15) is 0 Å². The normalized spacial score (nSPS) is 16.4. The Hall–Kier alpha value is -1.59. The Morgan fingerprint density at radius 3 is 2.70 bits per heavy atom. The van der Waals surface area contributed by atoms with Crippen LogP contribution in [0, 0.1) is 0 Å². The number of nitrogens with zero attached hydrogens (tertiary/aromatic N) is 2. The number of hydrogen-bond donors (Lipinski definition) is 1. The Balaban J connectivity index is 1.83. The minimum Gasteiger partial charge on any atom is -0.399 e. The first kappa shape index (κ1) is 14.8. The fourth-order valence-corrected chi connectivity index (χ4v) is 2.37. The molecule has 0 aromatic heterocycles. The molecule has 2 N–H and O–H groups in total. The van der Waals surface area contributed by atoms with E-state index in [4.69, 9.17) is 10.5 Å². The predicted octanol–water partition coefficient (Wildman–Crippen LogP) is 1.06. The number of nitrogens with two attached hydrogens (primary N) is 1. The number of piperazine rings is 1. The molecule has 0 aliphatic carbocycles. The van der Waals surface area contributed by atoms with E-state index in [0.717, 1.165) is 45.9 Å². The van der Waals surface area contributed by atoms with E-state index in [1.165, 1.54) is 0 Å². The molecular formula is C15H23N3O2. The average Bonchev–Trinajstić information content (AvgIpc) is 2.47. The second-order valence-electron chi connectivity index (χ2n) is 4.96. The molecule has 0 radical (unpaired) electrons. The van der Waals surface area contributed by atoms with E-state index in [1.807, 2.05) is 24.0 Å². The van der Waals surface area contributed by atoms with Crippen molar-refractivity contribution in [3.63, 3.8) is 0 Å². The molecule has 20 heavy (non-hydrogen) atoms. The lowest BCUT2D eigenvalue weighted by Crippen LogP contribution is -2.49. The highest BCUT2D eigenvalue weighted by atomic mass is 16.5. The molecule has 5 heteroatoms. The van der Waals surface area contributed by atoms with E-state index in [1.54, 1.807) is 12.1 Å². The van der Waals surface area contributed by atoms with Gasteiger partial charge < -0.3 is 15.4 Å². The Bertz CT molecular complexity index is 442. The van der Waals surface area contributed by atoms with Gasteiger partial charge >= 0.3 is 0 Å². The second kappa shape index (κ2) is 7.26. The van der Waals surface area contributed by atoms with Gasteiger partial charge in [-0.25, -0.2) is 0 Å². The molecule has 1 saturated heterocycles. The SMILES string of the molecule is CCOCCN1CCN(C(=O)c2cccc(N)c2)CC1. The molecule has 2 rings (SSSR count). The summed E-state index contributed by atoms with van der Waals surface area (Å²) in [5.74, 6) is 0.0711. The maximum atomic E-state index is 12.3. The molecule has 1 aliphatic rings. The van der Waals surface area contributed by atoms with Crippen LogP contribution in [0.1, 0.15) is 17.3 Å². The summed E-state index contributed by atoms with van der Waals surface area (Å²) in [7, 11) is 0. The summed E-state index contributed by atoms with van der Waals surface area (Å²) in [5.41, 5.74) is 7.03. The van der Waals surface area contributed by atoms with E-state index in [0.29, 0.717) is 11.3 Å². The molecule has 0 saturated carbocycles. The smallest absolute Gasteiger partial charge is 0.254 e. The van der Waals surface area contributed by atoms with Crippen LogP contribution in [0.25, 0.3) is 0 Å². The first-order valence-corrected chi connectivity index (χ1v) is 7.15. The standard InChI is InChI=1S/C15H23N3O2/c1-2-20-11-10-17-6-8-18(9-7-17)15(19)13-4-3-5-14(16)12-13/h3-5,12H,2,6-11,16H2,1H3. The number of anilines is 1. The van der Waals surface area contributed by atoms with Crippen molar-refractivity contribution in [2.75, 3.05) is 51.7 Å². The van der Waals surface area contributed by atoms with Gasteiger partial charge in [-0.1, -0.05) is 6.07 Å². The molecule has 0 spiro atoms. The van der Waals surface area contributed by atoms with Crippen molar-refractivity contribution in [2.24, 2.45) is 0 Å². The molecule has 5 nitrogen and oxygen atoms in total. The highest BCUT2D eigenvalue weighted by Gasteiger charge is 2.21. The summed E-state index contributed by atoms with van der Waals surface area (Å²) in [6.07, 6.45) is 0. The Morgan fingerprint density at radius 2 is 2.05 bits per heavy atom. The van der Waals surface area contributed by atoms with E-state index in [9.17, 15) is 4.79 Å². The van der Waals surface area contributed by atoms with Crippen molar-refractivity contribution in [1.29, 1.82) is 0 Å². The van der Waals surface area contributed by atoms with Gasteiger partial charge in [-0.05, 0) is 25.1 Å². The van der Waals surface area contributed by atoms with Crippen LogP contribution in [0.5, 0.6) is 0 Å². The number of rotatable bonds is 5. The van der Waals surface area contributed by atoms with Crippen LogP contribution in [0.15, 0.2) is 24.3 Å². The molecule has 1 aromatic rings. The largest absolute Gasteiger partial charge is 0.399 e. The maximum Gasteiger partial charge on any atom is 0.254 e.